The van der Waals surface area contributed by atoms with Gasteiger partial charge < -0.3 is 14.5 Å². The van der Waals surface area contributed by atoms with E-state index >= 15 is 0 Å². The molecule has 0 saturated carbocycles. The van der Waals surface area contributed by atoms with Crippen LogP contribution >= 0.6 is 0 Å². The van der Waals surface area contributed by atoms with Gasteiger partial charge in [0.25, 0.3) is 0 Å². The van der Waals surface area contributed by atoms with Gasteiger partial charge in [-0.05, 0) is 44.0 Å². The lowest BCUT2D eigenvalue weighted by Crippen LogP contribution is -2.83. The summed E-state index contributed by atoms with van der Waals surface area (Å²) in [6, 6.07) is 14.0. The lowest BCUT2D eigenvalue weighted by atomic mass is 10.0. The van der Waals surface area contributed by atoms with Gasteiger partial charge >= 0.3 is 5.63 Å². The Labute approximate surface area is 147 Å². The van der Waals surface area contributed by atoms with Crippen LogP contribution in [0.25, 0.3) is 11.0 Å². The van der Waals surface area contributed by atoms with E-state index in [9.17, 15) is 4.79 Å². The number of fused-ring (bicyclic) bond motifs is 1. The van der Waals surface area contributed by atoms with E-state index in [4.69, 9.17) is 9.15 Å². The number of methoxy groups -OCH3 is 1. The predicted octanol–water partition coefficient (Wildman–Crippen LogP) is 3.24. The molecule has 130 valence electrons. The van der Waals surface area contributed by atoms with Crippen LogP contribution in [0, 0.1) is 13.8 Å². The van der Waals surface area contributed by atoms with E-state index in [1.54, 1.807) is 13.2 Å². The number of para-hydroxylation sites is 1. The van der Waals surface area contributed by atoms with Gasteiger partial charge in [0.2, 0.25) is 0 Å². The third-order valence-electron chi connectivity index (χ3n) is 4.84. The van der Waals surface area contributed by atoms with E-state index in [2.05, 4.69) is 24.4 Å². The second kappa shape index (κ2) is 7.11. The van der Waals surface area contributed by atoms with Crippen molar-refractivity contribution in [3.8, 4) is 5.75 Å². The van der Waals surface area contributed by atoms with E-state index in [-0.39, 0.29) is 11.7 Å². The molecule has 1 heterocycles. The maximum absolute atomic E-state index is 12.0. The van der Waals surface area contributed by atoms with Gasteiger partial charge in [-0.25, -0.2) is 4.79 Å². The van der Waals surface area contributed by atoms with Crippen molar-refractivity contribution in [1.82, 2.24) is 0 Å². The fourth-order valence-electron chi connectivity index (χ4n) is 3.17. The summed E-state index contributed by atoms with van der Waals surface area (Å²) < 4.78 is 10.9. The summed E-state index contributed by atoms with van der Waals surface area (Å²) in [7, 11) is 1.69. The molecule has 2 N–H and O–H groups in total. The van der Waals surface area contributed by atoms with Crippen molar-refractivity contribution in [1.29, 1.82) is 0 Å². The highest BCUT2D eigenvalue weighted by molar-refractivity contribution is 5.83. The Bertz CT molecular complexity index is 959. The summed E-state index contributed by atoms with van der Waals surface area (Å²) in [6.45, 7) is 6.85. The van der Waals surface area contributed by atoms with Crippen LogP contribution in [0.2, 0.25) is 0 Å². The molecule has 0 spiro atoms. The summed E-state index contributed by atoms with van der Waals surface area (Å²) in [5.74, 6) is 0.884. The van der Waals surface area contributed by atoms with Gasteiger partial charge in [-0.2, -0.15) is 0 Å². The summed E-state index contributed by atoms with van der Waals surface area (Å²) in [4.78, 5) is 12.0. The molecule has 0 bridgehead atoms. The summed E-state index contributed by atoms with van der Waals surface area (Å²) in [6.07, 6.45) is 0. The number of nitrogens with two attached hydrogens (primary N) is 1. The molecule has 25 heavy (non-hydrogen) atoms. The number of hydrogen-bond donors (Lipinski definition) is 1. The molecule has 1 atom stereocenters. The van der Waals surface area contributed by atoms with Crippen LogP contribution in [0.15, 0.2) is 51.7 Å². The monoisotopic (exact) mass is 338 g/mol. The Morgan fingerprint density at radius 2 is 1.92 bits per heavy atom. The van der Waals surface area contributed by atoms with Crippen molar-refractivity contribution >= 4 is 11.0 Å². The van der Waals surface area contributed by atoms with Crippen LogP contribution in [0.5, 0.6) is 5.75 Å². The van der Waals surface area contributed by atoms with Crippen LogP contribution < -0.4 is 15.7 Å². The number of aryl methyl sites for hydroxylation is 2. The van der Waals surface area contributed by atoms with Gasteiger partial charge in [0.1, 0.15) is 23.9 Å². The molecule has 0 aliphatic heterocycles. The van der Waals surface area contributed by atoms with Gasteiger partial charge in [0, 0.05) is 17.0 Å². The van der Waals surface area contributed by atoms with Crippen LogP contribution in [0.4, 0.5) is 0 Å². The van der Waals surface area contributed by atoms with Crippen molar-refractivity contribution < 1.29 is 14.5 Å². The van der Waals surface area contributed by atoms with E-state index in [0.717, 1.165) is 33.4 Å². The van der Waals surface area contributed by atoms with Crippen LogP contribution in [-0.4, -0.2) is 7.11 Å². The van der Waals surface area contributed by atoms with Crippen LogP contribution in [0.1, 0.15) is 35.2 Å². The first-order valence-corrected chi connectivity index (χ1v) is 8.50. The molecule has 0 amide bonds. The Morgan fingerprint density at radius 3 is 2.68 bits per heavy atom. The Hall–Kier alpha value is -2.59. The molecule has 4 heteroatoms. The summed E-state index contributed by atoms with van der Waals surface area (Å²) in [5, 5.41) is 3.22. The van der Waals surface area contributed by atoms with Crippen molar-refractivity contribution in [2.75, 3.05) is 7.11 Å². The number of benzene rings is 2. The fraction of sp³-hybridized carbons (Fsp3) is 0.286. The minimum atomic E-state index is -0.297. The molecular weight excluding hydrogens is 314 g/mol. The second-order valence-corrected chi connectivity index (χ2v) is 6.45. The number of quaternary nitrogens is 1. The molecule has 0 fully saturated rings. The van der Waals surface area contributed by atoms with Crippen molar-refractivity contribution in [2.24, 2.45) is 0 Å². The molecule has 1 aromatic heterocycles. The van der Waals surface area contributed by atoms with Gasteiger partial charge in [-0.3, -0.25) is 0 Å². The first-order chi connectivity index (χ1) is 12.0. The minimum Gasteiger partial charge on any atom is -0.496 e. The quantitative estimate of drug-likeness (QED) is 0.727. The van der Waals surface area contributed by atoms with Crippen molar-refractivity contribution in [2.45, 2.75) is 33.4 Å². The molecule has 2 aromatic carbocycles. The zero-order chi connectivity index (χ0) is 18.0. The van der Waals surface area contributed by atoms with E-state index in [0.29, 0.717) is 12.1 Å². The lowest BCUT2D eigenvalue weighted by molar-refractivity contribution is -0.707. The maximum Gasteiger partial charge on any atom is 0.336 e. The molecule has 0 aliphatic carbocycles. The maximum atomic E-state index is 12.0. The molecular formula is C21H24NO3+. The van der Waals surface area contributed by atoms with Crippen LogP contribution in [0.3, 0.4) is 0 Å². The molecule has 3 rings (SSSR count). The number of ether oxygens (including phenoxy) is 1. The van der Waals surface area contributed by atoms with Crippen molar-refractivity contribution in [3.63, 3.8) is 0 Å². The average molecular weight is 338 g/mol. The number of hydrogen-bond acceptors (Lipinski definition) is 3. The smallest absolute Gasteiger partial charge is 0.336 e. The molecule has 0 aliphatic rings. The topological polar surface area (TPSA) is 56.0 Å². The van der Waals surface area contributed by atoms with E-state index in [1.807, 2.05) is 38.1 Å². The Kier molecular flexibility index (Phi) is 4.91. The first-order valence-electron chi connectivity index (χ1n) is 8.50. The molecule has 4 nitrogen and oxygen atoms in total. The van der Waals surface area contributed by atoms with Gasteiger partial charge in [-0.15, -0.1) is 0 Å². The lowest BCUT2D eigenvalue weighted by Gasteiger charge is -2.15. The van der Waals surface area contributed by atoms with E-state index < -0.39 is 0 Å². The largest absolute Gasteiger partial charge is 0.496 e. The number of rotatable bonds is 5. The van der Waals surface area contributed by atoms with Gasteiger partial charge in [0.15, 0.2) is 0 Å². The predicted molar refractivity (Wildman–Crippen MR) is 99.0 cm³/mol. The highest BCUT2D eigenvalue weighted by Crippen LogP contribution is 2.24. The normalized spacial score (nSPS) is 12.3. The molecule has 3 aromatic rings. The molecule has 0 radical (unpaired) electrons. The first kappa shape index (κ1) is 17.2. The average Bonchev–Trinajstić information content (AvgIpc) is 2.62. The Morgan fingerprint density at radius 1 is 1.16 bits per heavy atom. The third-order valence-corrected chi connectivity index (χ3v) is 4.84. The molecule has 0 unspecified atom stereocenters. The standard InChI is InChI=1S/C21H23NO3/c1-13-9-10-18-16(11-20(23)25-21(18)14(13)2)12-22-15(3)17-7-5-6-8-19(17)24-4/h5-11,15,22H,12H2,1-4H3/p+1/t15-/m1/s1. The highest BCUT2D eigenvalue weighted by Gasteiger charge is 2.16. The van der Waals surface area contributed by atoms with Crippen molar-refractivity contribution in [3.05, 3.63) is 75.1 Å². The zero-order valence-electron chi connectivity index (χ0n) is 15.1. The van der Waals surface area contributed by atoms with Gasteiger partial charge in [-0.1, -0.05) is 24.3 Å². The SMILES string of the molecule is COc1ccccc1[C@@H](C)[NH2+]Cc1cc(=O)oc2c(C)c(C)ccc12. The highest BCUT2D eigenvalue weighted by atomic mass is 16.5. The minimum absolute atomic E-state index is 0.213. The fourth-order valence-corrected chi connectivity index (χ4v) is 3.17. The third kappa shape index (κ3) is 3.44. The van der Waals surface area contributed by atoms with Gasteiger partial charge in [0.05, 0.1) is 12.7 Å². The molecule has 0 saturated heterocycles. The zero-order valence-corrected chi connectivity index (χ0v) is 15.1. The Balaban J connectivity index is 1.91. The second-order valence-electron chi connectivity index (χ2n) is 6.45. The summed E-state index contributed by atoms with van der Waals surface area (Å²) >= 11 is 0. The summed E-state index contributed by atoms with van der Waals surface area (Å²) in [5.41, 5.74) is 4.68. The van der Waals surface area contributed by atoms with Crippen LogP contribution in [-0.2, 0) is 6.54 Å². The van der Waals surface area contributed by atoms with E-state index in [1.165, 1.54) is 0 Å².